The van der Waals surface area contributed by atoms with Crippen LogP contribution in [0.1, 0.15) is 27.9 Å². The van der Waals surface area contributed by atoms with Crippen molar-refractivity contribution >= 4 is 28.1 Å². The zero-order chi connectivity index (χ0) is 15.7. The van der Waals surface area contributed by atoms with Crippen molar-refractivity contribution in [1.29, 1.82) is 0 Å². The lowest BCUT2D eigenvalue weighted by atomic mass is 10.1. The third kappa shape index (κ3) is 2.69. The van der Waals surface area contributed by atoms with E-state index in [0.717, 1.165) is 29.6 Å². The van der Waals surface area contributed by atoms with Gasteiger partial charge in [-0.1, -0.05) is 0 Å². The Hall–Kier alpha value is -1.99. The molecule has 0 saturated carbocycles. The van der Waals surface area contributed by atoms with Crippen LogP contribution in [0.5, 0.6) is 0 Å². The maximum absolute atomic E-state index is 12.6. The van der Waals surface area contributed by atoms with Gasteiger partial charge < -0.3 is 10.2 Å². The number of hydrogen-bond acceptors (Lipinski definition) is 6. The first-order chi connectivity index (χ1) is 10.6. The molecule has 0 spiro atoms. The number of ketones is 1. The number of thiazole rings is 1. The Labute approximate surface area is 133 Å². The van der Waals surface area contributed by atoms with Gasteiger partial charge in [-0.2, -0.15) is 0 Å². The van der Waals surface area contributed by atoms with Crippen molar-refractivity contribution in [2.75, 3.05) is 24.5 Å². The van der Waals surface area contributed by atoms with Gasteiger partial charge in [0.2, 0.25) is 5.78 Å². The average molecular weight is 316 g/mol. The number of aromatic nitrogens is 2. The highest BCUT2D eigenvalue weighted by molar-refractivity contribution is 7.15. The van der Waals surface area contributed by atoms with Crippen LogP contribution < -0.4 is 16.0 Å². The molecule has 1 fully saturated rings. The van der Waals surface area contributed by atoms with Crippen LogP contribution in [-0.2, 0) is 0 Å². The molecule has 0 bridgehead atoms. The van der Waals surface area contributed by atoms with Crippen LogP contribution in [0.3, 0.4) is 0 Å². The quantitative estimate of drug-likeness (QED) is 0.873. The molecule has 2 aromatic rings. The third-order valence-corrected chi connectivity index (χ3v) is 4.81. The minimum Gasteiger partial charge on any atom is -0.343 e. The fraction of sp³-hybridized carbons (Fsp3) is 0.400. The maximum atomic E-state index is 12.6. The van der Waals surface area contributed by atoms with Crippen LogP contribution in [0, 0.1) is 6.92 Å². The first-order valence-corrected chi connectivity index (χ1v) is 8.05. The van der Waals surface area contributed by atoms with E-state index < -0.39 is 0 Å². The van der Waals surface area contributed by atoms with E-state index >= 15 is 0 Å². The summed E-state index contributed by atoms with van der Waals surface area (Å²) in [7, 11) is 0. The smallest absolute Gasteiger partial charge is 0.216 e. The van der Waals surface area contributed by atoms with Crippen LogP contribution in [0.2, 0.25) is 0 Å². The predicted molar refractivity (Wildman–Crippen MR) is 87.0 cm³/mol. The van der Waals surface area contributed by atoms with E-state index in [2.05, 4.69) is 27.1 Å². The Balaban J connectivity index is 1.92. The van der Waals surface area contributed by atoms with Gasteiger partial charge in [0.05, 0.1) is 5.56 Å². The topological polar surface area (TPSA) is 81.9 Å². The molecule has 3 rings (SSSR count). The van der Waals surface area contributed by atoms with Crippen molar-refractivity contribution in [1.82, 2.24) is 21.0 Å². The van der Waals surface area contributed by atoms with Gasteiger partial charge in [0.1, 0.15) is 5.69 Å². The minimum absolute atomic E-state index is 0.00279. The van der Waals surface area contributed by atoms with E-state index in [0.29, 0.717) is 17.3 Å². The number of hydrogen-bond donors (Lipinski definition) is 1. The third-order valence-electron chi connectivity index (χ3n) is 3.80. The fourth-order valence-corrected chi connectivity index (χ4v) is 3.59. The van der Waals surface area contributed by atoms with Gasteiger partial charge in [-0.05, 0) is 26.0 Å². The molecule has 1 atom stereocenters. The van der Waals surface area contributed by atoms with E-state index in [-0.39, 0.29) is 11.6 Å². The molecule has 22 heavy (non-hydrogen) atoms. The summed E-state index contributed by atoms with van der Waals surface area (Å²) >= 11 is 1.54. The molecule has 2 N–H and O–H groups in total. The van der Waals surface area contributed by atoms with Crippen LogP contribution in [-0.4, -0.2) is 41.4 Å². The molecule has 0 unspecified atom stereocenters. The molecular weight excluding hydrogens is 298 g/mol. The number of nitrogens with zero attached hydrogens (tertiary/aromatic N) is 3. The number of carbonyl (C=O) groups excluding carboxylic acids is 1. The molecule has 0 aliphatic carbocycles. The largest absolute Gasteiger partial charge is 0.343 e. The standard InChI is InChI=1S/C15H18N5OS/c1-9-8-17-6-7-20(9)15-19-12(10(2)22-15)13(21)11-4-3-5-18-14(11)16/h3-5,9,16-17H,6-8H2,1-2H3/t9-/m1/s1. The molecule has 0 aromatic carbocycles. The molecule has 7 heteroatoms. The Kier molecular flexibility index (Phi) is 4.08. The number of piperazine rings is 1. The Morgan fingerprint density at radius 1 is 1.55 bits per heavy atom. The normalized spacial score (nSPS) is 18.5. The zero-order valence-electron chi connectivity index (χ0n) is 12.6. The monoisotopic (exact) mass is 316 g/mol. The Morgan fingerprint density at radius 3 is 3.09 bits per heavy atom. The van der Waals surface area contributed by atoms with E-state index in [1.165, 1.54) is 17.5 Å². The van der Waals surface area contributed by atoms with Gasteiger partial charge in [-0.3, -0.25) is 10.5 Å². The summed E-state index contributed by atoms with van der Waals surface area (Å²) in [5.74, 6) is -0.224. The van der Waals surface area contributed by atoms with Gasteiger partial charge in [0.15, 0.2) is 10.9 Å². The molecule has 6 nitrogen and oxygen atoms in total. The maximum Gasteiger partial charge on any atom is 0.216 e. The lowest BCUT2D eigenvalue weighted by molar-refractivity contribution is 0.103. The summed E-state index contributed by atoms with van der Waals surface area (Å²) in [6.07, 6.45) is 1.51. The van der Waals surface area contributed by atoms with Gasteiger partial charge in [0.25, 0.3) is 0 Å². The van der Waals surface area contributed by atoms with Crippen molar-refractivity contribution in [3.8, 4) is 0 Å². The second kappa shape index (κ2) is 6.02. The average Bonchev–Trinajstić information content (AvgIpc) is 2.89. The molecule has 3 heterocycles. The molecule has 0 amide bonds. The summed E-state index contributed by atoms with van der Waals surface area (Å²) < 4.78 is 0. The van der Waals surface area contributed by atoms with Crippen molar-refractivity contribution in [2.24, 2.45) is 0 Å². The first kappa shape index (κ1) is 14.9. The van der Waals surface area contributed by atoms with E-state index in [4.69, 9.17) is 5.73 Å². The summed E-state index contributed by atoms with van der Waals surface area (Å²) in [5, 5.41) is 4.23. The summed E-state index contributed by atoms with van der Waals surface area (Å²) in [4.78, 5) is 24.2. The van der Waals surface area contributed by atoms with E-state index in [1.807, 2.05) is 6.92 Å². The van der Waals surface area contributed by atoms with Gasteiger partial charge >= 0.3 is 0 Å². The summed E-state index contributed by atoms with van der Waals surface area (Å²) in [6, 6.07) is 3.66. The highest BCUT2D eigenvalue weighted by Gasteiger charge is 2.25. The molecule has 1 saturated heterocycles. The van der Waals surface area contributed by atoms with Gasteiger partial charge in [-0.25, -0.2) is 9.97 Å². The molecular formula is C15H18N5OS. The van der Waals surface area contributed by atoms with Crippen molar-refractivity contribution in [3.05, 3.63) is 34.5 Å². The number of rotatable bonds is 3. The lowest BCUT2D eigenvalue weighted by Gasteiger charge is -2.33. The fourth-order valence-electron chi connectivity index (χ4n) is 2.56. The van der Waals surface area contributed by atoms with Crippen LogP contribution in [0.4, 0.5) is 10.9 Å². The second-order valence-electron chi connectivity index (χ2n) is 5.38. The second-order valence-corrected chi connectivity index (χ2v) is 6.56. The molecule has 1 radical (unpaired) electrons. The molecule has 1 aliphatic rings. The van der Waals surface area contributed by atoms with Crippen molar-refractivity contribution in [3.63, 3.8) is 0 Å². The Bertz CT molecular complexity index is 699. The minimum atomic E-state index is -0.221. The highest BCUT2D eigenvalue weighted by Crippen LogP contribution is 2.29. The van der Waals surface area contributed by atoms with Gasteiger partial charge in [0, 0.05) is 36.8 Å². The molecule has 115 valence electrons. The number of pyridine rings is 1. The Morgan fingerprint density at radius 2 is 2.36 bits per heavy atom. The SMILES string of the molecule is Cc1sc(N2CCNC[C@H]2C)nc1C(=O)c1cccnc1[NH]. The molecule has 1 aliphatic heterocycles. The van der Waals surface area contributed by atoms with E-state index in [1.54, 1.807) is 12.1 Å². The number of anilines is 1. The van der Waals surface area contributed by atoms with Crippen LogP contribution >= 0.6 is 11.3 Å². The lowest BCUT2D eigenvalue weighted by Crippen LogP contribution is -2.49. The van der Waals surface area contributed by atoms with Crippen LogP contribution in [0.25, 0.3) is 0 Å². The van der Waals surface area contributed by atoms with E-state index in [9.17, 15) is 4.79 Å². The first-order valence-electron chi connectivity index (χ1n) is 7.24. The zero-order valence-corrected chi connectivity index (χ0v) is 13.4. The highest BCUT2D eigenvalue weighted by atomic mass is 32.1. The number of aryl methyl sites for hydroxylation is 1. The van der Waals surface area contributed by atoms with Gasteiger partial charge in [-0.15, -0.1) is 11.3 Å². The number of nitrogens with one attached hydrogen (secondary N) is 2. The summed E-state index contributed by atoms with van der Waals surface area (Å²) in [6.45, 7) is 6.78. The van der Waals surface area contributed by atoms with Crippen molar-refractivity contribution < 1.29 is 4.79 Å². The number of carbonyl (C=O) groups is 1. The van der Waals surface area contributed by atoms with Crippen molar-refractivity contribution in [2.45, 2.75) is 19.9 Å². The van der Waals surface area contributed by atoms with Crippen LogP contribution in [0.15, 0.2) is 18.3 Å². The predicted octanol–water partition coefficient (Wildman–Crippen LogP) is 1.79. The molecule has 2 aromatic heterocycles. The summed E-state index contributed by atoms with van der Waals surface area (Å²) in [5.41, 5.74) is 8.52.